The lowest BCUT2D eigenvalue weighted by Crippen LogP contribution is -2.17. The standard InChI is InChI=1S/C24H19BrCl2N4O2/c1-2-9-31-21-7-3-14(24(33)30-28-13-15-10-16(25)4-8-22(15)32)11-20(21)29-23(31)18-6-5-17(26)12-19(18)27/h3-8,10-13,32H,2,9H2,1H3,(H,30,33)/b28-13+. The maximum atomic E-state index is 12.6. The van der Waals surface area contributed by atoms with Crippen molar-refractivity contribution in [3.05, 3.63) is 80.2 Å². The SMILES string of the molecule is CCCn1c(-c2ccc(Cl)cc2Cl)nc2cc(C(=O)N/N=C/c3cc(Br)ccc3O)ccc21. The van der Waals surface area contributed by atoms with Crippen LogP contribution in [0.15, 0.2) is 64.2 Å². The van der Waals surface area contributed by atoms with Crippen LogP contribution in [0.1, 0.15) is 29.3 Å². The molecule has 3 aromatic carbocycles. The van der Waals surface area contributed by atoms with Gasteiger partial charge in [-0.2, -0.15) is 5.10 Å². The highest BCUT2D eigenvalue weighted by Crippen LogP contribution is 2.32. The highest BCUT2D eigenvalue weighted by atomic mass is 79.9. The molecule has 168 valence electrons. The largest absolute Gasteiger partial charge is 0.507 e. The number of carbonyl (C=O) groups excluding carboxylic acids is 1. The lowest BCUT2D eigenvalue weighted by Gasteiger charge is -2.09. The van der Waals surface area contributed by atoms with Crippen LogP contribution < -0.4 is 5.43 Å². The summed E-state index contributed by atoms with van der Waals surface area (Å²) in [5.41, 5.74) is 5.72. The molecule has 1 aromatic heterocycles. The maximum Gasteiger partial charge on any atom is 0.271 e. The highest BCUT2D eigenvalue weighted by Gasteiger charge is 2.16. The molecule has 0 aliphatic rings. The molecular formula is C24H19BrCl2N4O2. The maximum absolute atomic E-state index is 12.6. The summed E-state index contributed by atoms with van der Waals surface area (Å²) in [5.74, 6) is 0.389. The van der Waals surface area contributed by atoms with Gasteiger partial charge in [-0.25, -0.2) is 10.4 Å². The van der Waals surface area contributed by atoms with E-state index in [9.17, 15) is 9.90 Å². The van der Waals surface area contributed by atoms with Crippen molar-refractivity contribution in [2.75, 3.05) is 0 Å². The minimum absolute atomic E-state index is 0.0625. The average Bonchev–Trinajstić information content (AvgIpc) is 3.13. The number of phenolic OH excluding ortho intramolecular Hbond substituents is 1. The molecule has 1 heterocycles. The molecular weight excluding hydrogens is 527 g/mol. The third-order valence-electron chi connectivity index (χ3n) is 4.99. The summed E-state index contributed by atoms with van der Waals surface area (Å²) in [6.45, 7) is 2.83. The van der Waals surface area contributed by atoms with Crippen molar-refractivity contribution in [2.24, 2.45) is 5.10 Å². The van der Waals surface area contributed by atoms with Crippen LogP contribution in [0.5, 0.6) is 5.75 Å². The van der Waals surface area contributed by atoms with Crippen molar-refractivity contribution < 1.29 is 9.90 Å². The Bertz CT molecular complexity index is 1380. The first-order valence-electron chi connectivity index (χ1n) is 10.1. The van der Waals surface area contributed by atoms with Crippen molar-refractivity contribution in [1.29, 1.82) is 0 Å². The van der Waals surface area contributed by atoms with E-state index in [1.807, 2.05) is 12.1 Å². The summed E-state index contributed by atoms with van der Waals surface area (Å²) in [6, 6.07) is 15.6. The Balaban J connectivity index is 1.64. The molecule has 0 aliphatic heterocycles. The molecule has 0 bridgehead atoms. The first-order chi connectivity index (χ1) is 15.9. The van der Waals surface area contributed by atoms with Crippen LogP contribution in [0.3, 0.4) is 0 Å². The molecule has 0 aliphatic carbocycles. The zero-order valence-electron chi connectivity index (χ0n) is 17.5. The van der Waals surface area contributed by atoms with E-state index in [2.05, 4.69) is 37.9 Å². The second kappa shape index (κ2) is 9.95. The predicted molar refractivity (Wildman–Crippen MR) is 136 cm³/mol. The first-order valence-corrected chi connectivity index (χ1v) is 11.7. The van der Waals surface area contributed by atoms with Gasteiger partial charge in [-0.05, 0) is 61.0 Å². The Morgan fingerprint density at radius 3 is 2.76 bits per heavy atom. The third-order valence-corrected chi connectivity index (χ3v) is 6.03. The fraction of sp³-hybridized carbons (Fsp3) is 0.125. The van der Waals surface area contributed by atoms with E-state index in [0.29, 0.717) is 32.5 Å². The summed E-state index contributed by atoms with van der Waals surface area (Å²) < 4.78 is 2.87. The monoisotopic (exact) mass is 544 g/mol. The van der Waals surface area contributed by atoms with Gasteiger partial charge in [0.05, 0.1) is 22.3 Å². The molecule has 0 spiro atoms. The number of aromatic nitrogens is 2. The smallest absolute Gasteiger partial charge is 0.271 e. The van der Waals surface area contributed by atoms with Gasteiger partial charge in [0.1, 0.15) is 11.6 Å². The third kappa shape index (κ3) is 5.05. The molecule has 0 radical (unpaired) electrons. The van der Waals surface area contributed by atoms with Crippen LogP contribution in [-0.2, 0) is 6.54 Å². The summed E-state index contributed by atoms with van der Waals surface area (Å²) in [4.78, 5) is 17.4. The van der Waals surface area contributed by atoms with E-state index in [4.69, 9.17) is 28.2 Å². The molecule has 0 fully saturated rings. The quantitative estimate of drug-likeness (QED) is 0.210. The molecule has 0 saturated carbocycles. The minimum atomic E-state index is -0.390. The highest BCUT2D eigenvalue weighted by molar-refractivity contribution is 9.10. The number of aromatic hydroxyl groups is 1. The molecule has 4 rings (SSSR count). The zero-order chi connectivity index (χ0) is 23.5. The Hall–Kier alpha value is -2.87. The van der Waals surface area contributed by atoms with E-state index in [0.717, 1.165) is 28.5 Å². The number of halogens is 3. The van der Waals surface area contributed by atoms with Crippen LogP contribution in [-0.4, -0.2) is 26.8 Å². The fourth-order valence-electron chi connectivity index (χ4n) is 3.45. The second-order valence-electron chi connectivity index (χ2n) is 7.32. The molecule has 6 nitrogen and oxygen atoms in total. The topological polar surface area (TPSA) is 79.5 Å². The van der Waals surface area contributed by atoms with E-state index in [-0.39, 0.29) is 5.75 Å². The van der Waals surface area contributed by atoms with Gasteiger partial charge in [0.25, 0.3) is 5.91 Å². The van der Waals surface area contributed by atoms with E-state index in [1.165, 1.54) is 6.21 Å². The van der Waals surface area contributed by atoms with Crippen molar-refractivity contribution in [3.63, 3.8) is 0 Å². The number of hydrazone groups is 1. The number of hydrogen-bond donors (Lipinski definition) is 2. The van der Waals surface area contributed by atoms with Gasteiger partial charge in [0.2, 0.25) is 0 Å². The first kappa shape index (κ1) is 23.3. The molecule has 0 atom stereocenters. The molecule has 33 heavy (non-hydrogen) atoms. The number of amides is 1. The Morgan fingerprint density at radius 2 is 2.00 bits per heavy atom. The summed E-state index contributed by atoms with van der Waals surface area (Å²) in [6.07, 6.45) is 2.29. The molecule has 4 aromatic rings. The van der Waals surface area contributed by atoms with Gasteiger partial charge in [0.15, 0.2) is 0 Å². The number of nitrogens with one attached hydrogen (secondary N) is 1. The van der Waals surface area contributed by atoms with Crippen molar-refractivity contribution in [1.82, 2.24) is 15.0 Å². The number of rotatable bonds is 6. The molecule has 1 amide bonds. The van der Waals surface area contributed by atoms with Gasteiger partial charge in [-0.3, -0.25) is 4.79 Å². The normalized spacial score (nSPS) is 11.4. The fourth-order valence-corrected chi connectivity index (χ4v) is 4.32. The van der Waals surface area contributed by atoms with Crippen molar-refractivity contribution in [3.8, 4) is 17.1 Å². The van der Waals surface area contributed by atoms with Gasteiger partial charge < -0.3 is 9.67 Å². The van der Waals surface area contributed by atoms with Gasteiger partial charge >= 0.3 is 0 Å². The number of fused-ring (bicyclic) bond motifs is 1. The van der Waals surface area contributed by atoms with Crippen LogP contribution >= 0.6 is 39.1 Å². The van der Waals surface area contributed by atoms with Crippen LogP contribution in [0.4, 0.5) is 0 Å². The number of carbonyl (C=O) groups is 1. The molecule has 0 saturated heterocycles. The van der Waals surface area contributed by atoms with E-state index in [1.54, 1.807) is 42.5 Å². The average molecular weight is 546 g/mol. The van der Waals surface area contributed by atoms with Crippen molar-refractivity contribution >= 4 is 62.3 Å². The Kier molecular flexibility index (Phi) is 7.02. The van der Waals surface area contributed by atoms with E-state index >= 15 is 0 Å². The number of phenols is 1. The van der Waals surface area contributed by atoms with Crippen LogP contribution in [0.25, 0.3) is 22.4 Å². The van der Waals surface area contributed by atoms with Gasteiger partial charge in [-0.1, -0.05) is 46.1 Å². The van der Waals surface area contributed by atoms with Crippen molar-refractivity contribution in [2.45, 2.75) is 19.9 Å². The van der Waals surface area contributed by atoms with E-state index < -0.39 is 5.91 Å². The van der Waals surface area contributed by atoms with Crippen LogP contribution in [0.2, 0.25) is 10.0 Å². The lowest BCUT2D eigenvalue weighted by molar-refractivity contribution is 0.0955. The molecule has 0 unspecified atom stereocenters. The minimum Gasteiger partial charge on any atom is -0.507 e. The number of nitrogens with zero attached hydrogens (tertiary/aromatic N) is 3. The number of hydrogen-bond acceptors (Lipinski definition) is 4. The summed E-state index contributed by atoms with van der Waals surface area (Å²) >= 11 is 15.8. The number of benzene rings is 3. The number of aryl methyl sites for hydroxylation is 1. The zero-order valence-corrected chi connectivity index (χ0v) is 20.6. The second-order valence-corrected chi connectivity index (χ2v) is 9.08. The number of imidazole rings is 1. The molecule has 9 heteroatoms. The summed E-state index contributed by atoms with van der Waals surface area (Å²) in [5, 5.41) is 14.9. The van der Waals surface area contributed by atoms with Gasteiger partial charge in [0, 0.05) is 32.7 Å². The summed E-state index contributed by atoms with van der Waals surface area (Å²) in [7, 11) is 0. The lowest BCUT2D eigenvalue weighted by atomic mass is 10.2. The van der Waals surface area contributed by atoms with Crippen LogP contribution in [0, 0.1) is 0 Å². The Morgan fingerprint density at radius 1 is 1.18 bits per heavy atom. The molecule has 2 N–H and O–H groups in total. The Labute approximate surface area is 209 Å². The predicted octanol–water partition coefficient (Wildman–Crippen LogP) is 6.65. The van der Waals surface area contributed by atoms with Gasteiger partial charge in [-0.15, -0.1) is 0 Å².